The third kappa shape index (κ3) is 11.7. The molecule has 0 aliphatic carbocycles. The molecule has 0 saturated carbocycles. The molecule has 0 N–H and O–H groups in total. The average molecular weight is 949 g/mol. The van der Waals surface area contributed by atoms with E-state index in [-0.39, 0.29) is 23.9 Å². The quantitative estimate of drug-likeness (QED) is 0.128. The maximum atomic E-state index is 13.5. The van der Waals surface area contributed by atoms with E-state index in [9.17, 15) is 9.59 Å². The van der Waals surface area contributed by atoms with Crippen molar-refractivity contribution in [3.05, 3.63) is 144 Å². The van der Waals surface area contributed by atoms with Crippen LogP contribution < -0.4 is 0 Å². The van der Waals surface area contributed by atoms with Crippen molar-refractivity contribution in [2.45, 2.75) is 38.0 Å². The molecular weight excluding hydrogens is 889 g/mol. The number of carbonyl (C=O) groups excluding carboxylic acids is 2. The van der Waals surface area contributed by atoms with Crippen molar-refractivity contribution in [1.29, 1.82) is 0 Å². The van der Waals surface area contributed by atoms with Crippen LogP contribution in [0.4, 0.5) is 0 Å². The summed E-state index contributed by atoms with van der Waals surface area (Å²) in [6.45, 7) is 9.88. The van der Waals surface area contributed by atoms with Gasteiger partial charge in [0.25, 0.3) is 11.8 Å². The molecule has 4 aromatic carbocycles. The van der Waals surface area contributed by atoms with Gasteiger partial charge in [-0.05, 0) is 60.6 Å². The molecule has 10 rings (SSSR count). The lowest BCUT2D eigenvalue weighted by Crippen LogP contribution is -2.43. The number of nitrogens with zero attached hydrogens (tertiary/aromatic N) is 12. The van der Waals surface area contributed by atoms with Crippen molar-refractivity contribution in [3.8, 4) is 22.3 Å². The summed E-state index contributed by atoms with van der Waals surface area (Å²) in [6, 6.07) is 34.8. The normalized spacial score (nSPS) is 20.5. The van der Waals surface area contributed by atoms with E-state index in [0.29, 0.717) is 73.6 Å². The lowest BCUT2D eigenvalue weighted by Gasteiger charge is -2.31. The summed E-state index contributed by atoms with van der Waals surface area (Å²) >= 11 is 0. The Morgan fingerprint density at radius 1 is 0.529 bits per heavy atom. The molecule has 70 heavy (non-hydrogen) atoms. The Balaban J connectivity index is 0.000000174. The predicted molar refractivity (Wildman–Crippen MR) is 264 cm³/mol. The monoisotopic (exact) mass is 948 g/mol. The van der Waals surface area contributed by atoms with E-state index in [2.05, 4.69) is 88.6 Å². The van der Waals surface area contributed by atoms with Gasteiger partial charge in [-0.1, -0.05) is 106 Å². The molecule has 4 fully saturated rings. The first kappa shape index (κ1) is 47.9. The van der Waals surface area contributed by atoms with Crippen LogP contribution in [0.25, 0.3) is 22.3 Å². The Bertz CT molecular complexity index is 2530. The number of benzene rings is 4. The van der Waals surface area contributed by atoms with Crippen LogP contribution in [-0.4, -0.2) is 167 Å². The van der Waals surface area contributed by atoms with Crippen molar-refractivity contribution in [3.63, 3.8) is 0 Å². The van der Waals surface area contributed by atoms with Gasteiger partial charge in [-0.3, -0.25) is 19.4 Å². The summed E-state index contributed by atoms with van der Waals surface area (Å²) in [5.41, 5.74) is 7.11. The third-order valence-electron chi connectivity index (χ3n) is 13.2. The molecule has 6 aromatic rings. The summed E-state index contributed by atoms with van der Waals surface area (Å²) in [6.07, 6.45) is 1.02. The first-order chi connectivity index (χ1) is 34.2. The third-order valence-corrected chi connectivity index (χ3v) is 13.2. The molecule has 2 amide bonds. The van der Waals surface area contributed by atoms with E-state index in [1.165, 1.54) is 14.2 Å². The molecule has 0 unspecified atom stereocenters. The van der Waals surface area contributed by atoms with Gasteiger partial charge in [0.1, 0.15) is 26.3 Å². The number of carbonyl (C=O) groups is 2. The molecule has 0 bridgehead atoms. The molecule has 4 aliphatic rings. The Hall–Kier alpha value is -7.12. The number of hydrogen-bond acceptors (Lipinski definition) is 16. The summed E-state index contributed by atoms with van der Waals surface area (Å²) in [5.74, 6) is 1.96. The Labute approximate surface area is 408 Å². The molecule has 2 aromatic heterocycles. The summed E-state index contributed by atoms with van der Waals surface area (Å²) in [4.78, 5) is 59.1. The van der Waals surface area contributed by atoms with Crippen LogP contribution in [0.1, 0.15) is 69.1 Å². The predicted octanol–water partition coefficient (Wildman–Crippen LogP) is 6.15. The molecule has 0 spiro atoms. The fourth-order valence-corrected chi connectivity index (χ4v) is 9.22. The topological polar surface area (TPSA) is 175 Å². The maximum absolute atomic E-state index is 13.5. The second kappa shape index (κ2) is 22.5. The number of likely N-dealkylation sites (N-methyl/N-ethyl adjacent to an activating group) is 2. The Morgan fingerprint density at radius 3 is 1.24 bits per heavy atom. The first-order valence-electron chi connectivity index (χ1n) is 23.8. The number of rotatable bonds is 12. The minimum Gasteiger partial charge on any atom is -0.399 e. The van der Waals surface area contributed by atoms with Crippen LogP contribution in [-0.2, 0) is 22.8 Å². The van der Waals surface area contributed by atoms with Gasteiger partial charge in [0, 0.05) is 76.3 Å². The molecule has 4 aliphatic heterocycles. The Morgan fingerprint density at radius 2 is 0.886 bits per heavy atom. The van der Waals surface area contributed by atoms with Crippen molar-refractivity contribution in [1.82, 2.24) is 49.7 Å². The second-order valence-electron chi connectivity index (χ2n) is 18.1. The number of hydrogen-bond donors (Lipinski definition) is 0. The minimum atomic E-state index is -0.352. The van der Waals surface area contributed by atoms with Crippen molar-refractivity contribution < 1.29 is 28.3 Å². The van der Waals surface area contributed by atoms with Gasteiger partial charge < -0.3 is 38.3 Å². The standard InChI is InChI=1S/2C26H30N6O3/c2*1-30-12-14-31(15-13-30)18-24-27-25(29-35-24)23-16-22(28-34-2)17-32(23)26(33)21-10-8-20(9-11-21)19-6-4-3-5-7-19/h2*3-11,23H,12-18H2,1-2H3/b28-22-;/t2*23-/m00/s1. The van der Waals surface area contributed by atoms with Gasteiger partial charge >= 0.3 is 0 Å². The molecule has 18 nitrogen and oxygen atoms in total. The fourth-order valence-electron chi connectivity index (χ4n) is 9.22. The Kier molecular flexibility index (Phi) is 15.4. The van der Waals surface area contributed by atoms with Crippen LogP contribution in [0.5, 0.6) is 0 Å². The highest BCUT2D eigenvalue weighted by Crippen LogP contribution is 2.33. The molecule has 364 valence electrons. The van der Waals surface area contributed by atoms with Gasteiger partial charge in [0.05, 0.1) is 37.6 Å². The minimum absolute atomic E-state index is 0.0960. The van der Waals surface area contributed by atoms with Crippen LogP contribution in [0, 0.1) is 0 Å². The number of piperazine rings is 2. The zero-order chi connectivity index (χ0) is 48.4. The SMILES string of the molecule is CO/N=C1/C[C@@H](c2noc(CN3CCN(C)CC3)n2)N(C(=O)c2ccc(-c3ccccc3)cc2)C1.CON=C1C[C@@H](c2noc(CN3CCN(C)CC3)n2)N(C(=O)c2ccc(-c3ccccc3)cc2)C1. The molecule has 0 radical (unpaired) electrons. The molecule has 6 heterocycles. The van der Waals surface area contributed by atoms with Crippen LogP contribution in [0.15, 0.2) is 129 Å². The number of amides is 2. The second-order valence-corrected chi connectivity index (χ2v) is 18.1. The van der Waals surface area contributed by atoms with Crippen molar-refractivity contribution in [2.75, 3.05) is 93.8 Å². The largest absolute Gasteiger partial charge is 0.399 e. The van der Waals surface area contributed by atoms with Gasteiger partial charge in [-0.15, -0.1) is 0 Å². The van der Waals surface area contributed by atoms with Gasteiger partial charge in [-0.2, -0.15) is 9.97 Å². The molecule has 18 heteroatoms. The smallest absolute Gasteiger partial charge is 0.254 e. The first-order valence-corrected chi connectivity index (χ1v) is 23.8. The zero-order valence-electron chi connectivity index (χ0n) is 40.3. The molecule has 4 saturated heterocycles. The van der Waals surface area contributed by atoms with E-state index >= 15 is 0 Å². The summed E-state index contributed by atoms with van der Waals surface area (Å²) in [7, 11) is 7.28. The van der Waals surface area contributed by atoms with E-state index in [0.717, 1.165) is 86.0 Å². The van der Waals surface area contributed by atoms with Gasteiger partial charge in [-0.25, -0.2) is 0 Å². The van der Waals surface area contributed by atoms with E-state index in [1.807, 2.05) is 84.9 Å². The number of oxime groups is 2. The summed E-state index contributed by atoms with van der Waals surface area (Å²) < 4.78 is 11.1. The lowest BCUT2D eigenvalue weighted by molar-refractivity contribution is 0.0724. The van der Waals surface area contributed by atoms with Gasteiger partial charge in [0.15, 0.2) is 11.6 Å². The van der Waals surface area contributed by atoms with Crippen LogP contribution in [0.2, 0.25) is 0 Å². The number of likely N-dealkylation sites (tertiary alicyclic amines) is 2. The lowest BCUT2D eigenvalue weighted by atomic mass is 10.0. The summed E-state index contributed by atoms with van der Waals surface area (Å²) in [5, 5.41) is 16.7. The van der Waals surface area contributed by atoms with E-state index in [1.54, 1.807) is 9.80 Å². The molecule has 2 atom stereocenters. The highest BCUT2D eigenvalue weighted by Gasteiger charge is 2.39. The van der Waals surface area contributed by atoms with Crippen LogP contribution in [0.3, 0.4) is 0 Å². The zero-order valence-corrected chi connectivity index (χ0v) is 40.3. The van der Waals surface area contributed by atoms with Crippen LogP contribution >= 0.6 is 0 Å². The van der Waals surface area contributed by atoms with E-state index < -0.39 is 0 Å². The van der Waals surface area contributed by atoms with Crippen molar-refractivity contribution in [2.24, 2.45) is 10.3 Å². The average Bonchev–Trinajstić information content (AvgIpc) is 4.24. The van der Waals surface area contributed by atoms with E-state index in [4.69, 9.17) is 18.7 Å². The fraction of sp³-hybridized carbons (Fsp3) is 0.385. The highest BCUT2D eigenvalue weighted by molar-refractivity contribution is 6.01. The highest BCUT2D eigenvalue weighted by atomic mass is 16.6. The van der Waals surface area contributed by atoms with Crippen molar-refractivity contribution >= 4 is 23.2 Å². The van der Waals surface area contributed by atoms with Gasteiger partial charge in [0.2, 0.25) is 11.8 Å². The maximum Gasteiger partial charge on any atom is 0.254 e. The molecular formula is C52H60N12O6. The number of aromatic nitrogens is 4.